The lowest BCUT2D eigenvalue weighted by Crippen LogP contribution is -2.19. The Bertz CT molecular complexity index is 270. The maximum Gasteiger partial charge on any atom is 0.159 e. The van der Waals surface area contributed by atoms with Crippen LogP contribution in [-0.4, -0.2) is 27.9 Å². The molecule has 0 bridgehead atoms. The van der Waals surface area contributed by atoms with Gasteiger partial charge < -0.3 is 15.0 Å². The standard InChI is InChI=1S/C7H12N4O/c8-2-1-6-9-10-7-5-12-4-3-11(6)7/h1-5,8H2. The van der Waals surface area contributed by atoms with E-state index in [1.165, 1.54) is 0 Å². The highest BCUT2D eigenvalue weighted by Gasteiger charge is 2.14. The molecule has 1 aromatic rings. The van der Waals surface area contributed by atoms with Crippen LogP contribution in [0, 0.1) is 0 Å². The van der Waals surface area contributed by atoms with Crippen molar-refractivity contribution in [1.82, 2.24) is 14.8 Å². The van der Waals surface area contributed by atoms with Crippen LogP contribution in [0.2, 0.25) is 0 Å². The maximum absolute atomic E-state index is 5.44. The maximum atomic E-state index is 5.44. The van der Waals surface area contributed by atoms with Crippen LogP contribution >= 0.6 is 0 Å². The highest BCUT2D eigenvalue weighted by molar-refractivity contribution is 4.97. The summed E-state index contributed by atoms with van der Waals surface area (Å²) >= 11 is 0. The molecular weight excluding hydrogens is 156 g/mol. The Morgan fingerprint density at radius 1 is 1.50 bits per heavy atom. The Hall–Kier alpha value is -0.940. The van der Waals surface area contributed by atoms with Crippen molar-refractivity contribution in [3.8, 4) is 0 Å². The Morgan fingerprint density at radius 3 is 3.25 bits per heavy atom. The zero-order valence-electron chi connectivity index (χ0n) is 6.86. The van der Waals surface area contributed by atoms with Gasteiger partial charge in [0.15, 0.2) is 5.82 Å². The summed E-state index contributed by atoms with van der Waals surface area (Å²) in [5.74, 6) is 1.90. The van der Waals surface area contributed by atoms with Crippen molar-refractivity contribution < 1.29 is 4.74 Å². The molecule has 0 aliphatic carbocycles. The van der Waals surface area contributed by atoms with Gasteiger partial charge in [-0.3, -0.25) is 0 Å². The molecule has 2 heterocycles. The number of aromatic nitrogens is 3. The van der Waals surface area contributed by atoms with Gasteiger partial charge in [0, 0.05) is 13.0 Å². The number of hydrogen-bond acceptors (Lipinski definition) is 4. The van der Waals surface area contributed by atoms with Crippen molar-refractivity contribution in [3.63, 3.8) is 0 Å². The molecule has 0 atom stereocenters. The molecule has 66 valence electrons. The van der Waals surface area contributed by atoms with Crippen LogP contribution in [0.3, 0.4) is 0 Å². The molecule has 5 heteroatoms. The van der Waals surface area contributed by atoms with Crippen molar-refractivity contribution in [2.24, 2.45) is 5.73 Å². The molecule has 1 aliphatic heterocycles. The van der Waals surface area contributed by atoms with E-state index in [-0.39, 0.29) is 0 Å². The van der Waals surface area contributed by atoms with Crippen molar-refractivity contribution in [1.29, 1.82) is 0 Å². The van der Waals surface area contributed by atoms with Crippen LogP contribution in [0.25, 0.3) is 0 Å². The average molecular weight is 168 g/mol. The molecule has 2 rings (SSSR count). The van der Waals surface area contributed by atoms with Gasteiger partial charge in [-0.1, -0.05) is 0 Å². The molecule has 1 aromatic heterocycles. The third kappa shape index (κ3) is 1.21. The van der Waals surface area contributed by atoms with Crippen LogP contribution in [0.15, 0.2) is 0 Å². The molecule has 0 unspecified atom stereocenters. The summed E-state index contributed by atoms with van der Waals surface area (Å²) in [7, 11) is 0. The lowest BCUT2D eigenvalue weighted by atomic mass is 10.4. The molecule has 0 saturated heterocycles. The minimum Gasteiger partial charge on any atom is -0.372 e. The van der Waals surface area contributed by atoms with Gasteiger partial charge in [0.2, 0.25) is 0 Å². The van der Waals surface area contributed by atoms with Crippen molar-refractivity contribution in [2.75, 3.05) is 13.2 Å². The minimum absolute atomic E-state index is 0.581. The largest absolute Gasteiger partial charge is 0.372 e. The number of ether oxygens (including phenoxy) is 1. The summed E-state index contributed by atoms with van der Waals surface area (Å²) in [6, 6.07) is 0. The first kappa shape index (κ1) is 7.70. The molecule has 0 amide bonds. The molecule has 0 aromatic carbocycles. The zero-order chi connectivity index (χ0) is 8.39. The third-order valence-corrected chi connectivity index (χ3v) is 1.96. The van der Waals surface area contributed by atoms with Crippen LogP contribution in [0.4, 0.5) is 0 Å². The number of hydrogen-bond donors (Lipinski definition) is 1. The van der Waals surface area contributed by atoms with Gasteiger partial charge in [0.25, 0.3) is 0 Å². The normalized spacial score (nSPS) is 16.1. The van der Waals surface area contributed by atoms with E-state index < -0.39 is 0 Å². The topological polar surface area (TPSA) is 66.0 Å². The molecule has 2 N–H and O–H groups in total. The second-order valence-electron chi connectivity index (χ2n) is 2.78. The predicted octanol–water partition coefficient (Wildman–Crippen LogP) is -0.691. The first-order chi connectivity index (χ1) is 5.92. The number of rotatable bonds is 2. The van der Waals surface area contributed by atoms with E-state index in [1.807, 2.05) is 0 Å². The van der Waals surface area contributed by atoms with Gasteiger partial charge >= 0.3 is 0 Å². The minimum atomic E-state index is 0.581. The first-order valence-corrected chi connectivity index (χ1v) is 4.10. The molecule has 12 heavy (non-hydrogen) atoms. The van der Waals surface area contributed by atoms with E-state index in [1.54, 1.807) is 0 Å². The number of fused-ring (bicyclic) bond motifs is 1. The Balaban J connectivity index is 2.25. The van der Waals surface area contributed by atoms with E-state index >= 15 is 0 Å². The number of nitrogens with zero attached hydrogens (tertiary/aromatic N) is 3. The van der Waals surface area contributed by atoms with Gasteiger partial charge in [-0.05, 0) is 6.54 Å². The quantitative estimate of drug-likeness (QED) is 0.634. The highest BCUT2D eigenvalue weighted by Crippen LogP contribution is 2.08. The van der Waals surface area contributed by atoms with E-state index in [0.29, 0.717) is 13.2 Å². The van der Waals surface area contributed by atoms with E-state index in [0.717, 1.165) is 31.2 Å². The van der Waals surface area contributed by atoms with E-state index in [2.05, 4.69) is 14.8 Å². The fraction of sp³-hybridized carbons (Fsp3) is 0.714. The fourth-order valence-corrected chi connectivity index (χ4v) is 1.37. The summed E-state index contributed by atoms with van der Waals surface area (Å²) in [6.45, 7) is 2.82. The molecule has 0 spiro atoms. The molecular formula is C7H12N4O. The third-order valence-electron chi connectivity index (χ3n) is 1.96. The predicted molar refractivity (Wildman–Crippen MR) is 42.4 cm³/mol. The molecule has 1 aliphatic rings. The van der Waals surface area contributed by atoms with Crippen molar-refractivity contribution in [3.05, 3.63) is 11.6 Å². The zero-order valence-corrected chi connectivity index (χ0v) is 6.86. The molecule has 0 fully saturated rings. The monoisotopic (exact) mass is 168 g/mol. The second-order valence-corrected chi connectivity index (χ2v) is 2.78. The van der Waals surface area contributed by atoms with Gasteiger partial charge in [-0.25, -0.2) is 0 Å². The van der Waals surface area contributed by atoms with Gasteiger partial charge in [-0.15, -0.1) is 10.2 Å². The fourth-order valence-electron chi connectivity index (χ4n) is 1.37. The van der Waals surface area contributed by atoms with Crippen molar-refractivity contribution in [2.45, 2.75) is 19.6 Å². The van der Waals surface area contributed by atoms with E-state index in [4.69, 9.17) is 10.5 Å². The van der Waals surface area contributed by atoms with Crippen LogP contribution in [-0.2, 0) is 24.3 Å². The smallest absolute Gasteiger partial charge is 0.159 e. The Kier molecular flexibility index (Phi) is 2.05. The molecule has 5 nitrogen and oxygen atoms in total. The lowest BCUT2D eigenvalue weighted by molar-refractivity contribution is 0.0806. The first-order valence-electron chi connectivity index (χ1n) is 4.10. The van der Waals surface area contributed by atoms with E-state index in [9.17, 15) is 0 Å². The second kappa shape index (κ2) is 3.20. The molecule has 0 saturated carbocycles. The molecule has 0 radical (unpaired) electrons. The van der Waals surface area contributed by atoms with Gasteiger partial charge in [0.1, 0.15) is 12.4 Å². The highest BCUT2D eigenvalue weighted by atomic mass is 16.5. The average Bonchev–Trinajstić information content (AvgIpc) is 2.50. The Labute approximate surface area is 70.5 Å². The Morgan fingerprint density at radius 2 is 2.42 bits per heavy atom. The lowest BCUT2D eigenvalue weighted by Gasteiger charge is -2.14. The summed E-state index contributed by atoms with van der Waals surface area (Å²) in [6.07, 6.45) is 0.799. The van der Waals surface area contributed by atoms with Gasteiger partial charge in [0.05, 0.1) is 6.61 Å². The van der Waals surface area contributed by atoms with Gasteiger partial charge in [-0.2, -0.15) is 0 Å². The van der Waals surface area contributed by atoms with Crippen molar-refractivity contribution >= 4 is 0 Å². The van der Waals surface area contributed by atoms with Crippen LogP contribution in [0.1, 0.15) is 11.6 Å². The summed E-state index contributed by atoms with van der Waals surface area (Å²) in [5, 5.41) is 8.05. The summed E-state index contributed by atoms with van der Waals surface area (Å²) in [5.41, 5.74) is 5.44. The van der Waals surface area contributed by atoms with Crippen LogP contribution in [0.5, 0.6) is 0 Å². The SMILES string of the molecule is NCCc1nnc2n1CCOC2. The number of nitrogens with two attached hydrogens (primary N) is 1. The summed E-state index contributed by atoms with van der Waals surface area (Å²) in [4.78, 5) is 0. The van der Waals surface area contributed by atoms with Crippen LogP contribution < -0.4 is 5.73 Å². The summed E-state index contributed by atoms with van der Waals surface area (Å²) < 4.78 is 7.33.